The van der Waals surface area contributed by atoms with Gasteiger partial charge in [-0.3, -0.25) is 0 Å². The average molecular weight is 489 g/mol. The van der Waals surface area contributed by atoms with Gasteiger partial charge in [0.25, 0.3) is 0 Å². The minimum atomic E-state index is 0. The lowest BCUT2D eigenvalue weighted by molar-refractivity contribution is -0.870. The van der Waals surface area contributed by atoms with Crippen molar-refractivity contribution in [3.05, 3.63) is 0 Å². The molecule has 0 aromatic heterocycles. The molecule has 0 aliphatic heterocycles. The van der Waals surface area contributed by atoms with Crippen LogP contribution in [0.5, 0.6) is 0 Å². The molecular formula is C13H34I2NP. The molecule has 1 nitrogen and oxygen atoms in total. The fourth-order valence-electron chi connectivity index (χ4n) is 1.72. The van der Waals surface area contributed by atoms with Crippen molar-refractivity contribution in [2.75, 3.05) is 27.7 Å². The minimum Gasteiger partial charge on any atom is -1.00 e. The first kappa shape index (κ1) is 27.2. The highest BCUT2D eigenvalue weighted by Gasteiger charge is 2.04. The van der Waals surface area contributed by atoms with Gasteiger partial charge in [-0.05, 0) is 12.8 Å². The number of unbranched alkanes of at least 4 members (excludes halogenated alkanes) is 7. The van der Waals surface area contributed by atoms with Gasteiger partial charge in [0.15, 0.2) is 0 Å². The predicted molar refractivity (Wildman–Crippen MR) is 92.0 cm³/mol. The minimum absolute atomic E-state index is 0. The summed E-state index contributed by atoms with van der Waals surface area (Å²) in [6, 6.07) is 0. The fraction of sp³-hybridized carbons (Fsp3) is 1.00. The predicted octanol–water partition coefficient (Wildman–Crippen LogP) is 1.51. The second-order valence-corrected chi connectivity index (χ2v) is 5.49. The van der Waals surface area contributed by atoms with Crippen LogP contribution >= 0.6 is 33.9 Å². The Morgan fingerprint density at radius 3 is 1.41 bits per heavy atom. The molecule has 0 saturated heterocycles. The van der Waals surface area contributed by atoms with Gasteiger partial charge in [-0.25, -0.2) is 0 Å². The summed E-state index contributed by atoms with van der Waals surface area (Å²) in [5.41, 5.74) is 0. The van der Waals surface area contributed by atoms with E-state index in [1.807, 2.05) is 0 Å². The van der Waals surface area contributed by atoms with Crippen LogP contribution in [-0.2, 0) is 0 Å². The third-order valence-electron chi connectivity index (χ3n) is 2.68. The normalized spacial score (nSPS) is 9.88. The molecule has 0 rings (SSSR count). The van der Waals surface area contributed by atoms with E-state index >= 15 is 0 Å². The SMILES string of the molecule is CCCCCCCCCC[N+](C)(C)C.I.P.[I-]. The Balaban J connectivity index is -0.000000282. The number of hydrogen-bond acceptors (Lipinski definition) is 0. The van der Waals surface area contributed by atoms with E-state index in [9.17, 15) is 0 Å². The molecule has 0 bridgehead atoms. The van der Waals surface area contributed by atoms with Crippen molar-refractivity contribution in [3.63, 3.8) is 0 Å². The third kappa shape index (κ3) is 27.2. The zero-order valence-corrected chi connectivity index (χ0v) is 18.2. The lowest BCUT2D eigenvalue weighted by Crippen LogP contribution is -3.00. The smallest absolute Gasteiger partial charge is 0.0780 e. The van der Waals surface area contributed by atoms with Crippen LogP contribution < -0.4 is 24.0 Å². The van der Waals surface area contributed by atoms with Crippen LogP contribution in [0.2, 0.25) is 0 Å². The lowest BCUT2D eigenvalue weighted by Gasteiger charge is -2.23. The fourth-order valence-corrected chi connectivity index (χ4v) is 1.72. The molecule has 110 valence electrons. The highest BCUT2D eigenvalue weighted by atomic mass is 127. The molecule has 0 heterocycles. The summed E-state index contributed by atoms with van der Waals surface area (Å²) in [4.78, 5) is 0. The van der Waals surface area contributed by atoms with Crippen LogP contribution in [0.25, 0.3) is 0 Å². The molecule has 0 N–H and O–H groups in total. The Kier molecular flexibility index (Phi) is 28.6. The zero-order chi connectivity index (χ0) is 10.9. The highest BCUT2D eigenvalue weighted by Crippen LogP contribution is 2.09. The molecule has 0 aromatic rings. The summed E-state index contributed by atoms with van der Waals surface area (Å²) < 4.78 is 1.12. The maximum Gasteiger partial charge on any atom is 0.0780 e. The van der Waals surface area contributed by atoms with E-state index in [0.717, 1.165) is 4.48 Å². The van der Waals surface area contributed by atoms with Crippen molar-refractivity contribution in [1.29, 1.82) is 0 Å². The van der Waals surface area contributed by atoms with Crippen LogP contribution in [-0.4, -0.2) is 32.2 Å². The first-order valence-corrected chi connectivity index (χ1v) is 6.36. The first-order valence-electron chi connectivity index (χ1n) is 6.36. The van der Waals surface area contributed by atoms with Gasteiger partial charge in [0.1, 0.15) is 0 Å². The van der Waals surface area contributed by atoms with Gasteiger partial charge in [-0.1, -0.05) is 45.4 Å². The summed E-state index contributed by atoms with van der Waals surface area (Å²) in [5, 5.41) is 0. The molecule has 0 radical (unpaired) electrons. The van der Waals surface area contributed by atoms with Crippen LogP contribution in [0.3, 0.4) is 0 Å². The Bertz CT molecular complexity index is 127. The van der Waals surface area contributed by atoms with Gasteiger partial charge in [0.2, 0.25) is 0 Å². The molecule has 17 heavy (non-hydrogen) atoms. The molecule has 0 aromatic carbocycles. The van der Waals surface area contributed by atoms with E-state index in [-0.39, 0.29) is 57.9 Å². The molecule has 0 saturated carbocycles. The molecule has 0 fully saturated rings. The van der Waals surface area contributed by atoms with E-state index in [2.05, 4.69) is 28.1 Å². The largest absolute Gasteiger partial charge is 1.00 e. The van der Waals surface area contributed by atoms with Gasteiger partial charge in [-0.2, -0.15) is 9.90 Å². The van der Waals surface area contributed by atoms with Crippen LogP contribution in [0.1, 0.15) is 58.3 Å². The summed E-state index contributed by atoms with van der Waals surface area (Å²) in [5.74, 6) is 0. The molecule has 1 atom stereocenters. The Labute approximate surface area is 147 Å². The number of quaternary nitrogens is 1. The molecule has 1 unspecified atom stereocenters. The number of rotatable bonds is 9. The topological polar surface area (TPSA) is 0 Å². The van der Waals surface area contributed by atoms with E-state index in [1.54, 1.807) is 0 Å². The van der Waals surface area contributed by atoms with Crippen LogP contribution in [0.15, 0.2) is 0 Å². The van der Waals surface area contributed by atoms with E-state index in [4.69, 9.17) is 0 Å². The van der Waals surface area contributed by atoms with Crippen molar-refractivity contribution in [2.45, 2.75) is 58.3 Å². The average Bonchev–Trinajstić information content (AvgIpc) is 2.08. The quantitative estimate of drug-likeness (QED) is 0.200. The zero-order valence-electron chi connectivity index (χ0n) is 12.3. The van der Waals surface area contributed by atoms with Gasteiger partial charge in [0, 0.05) is 0 Å². The van der Waals surface area contributed by atoms with Crippen molar-refractivity contribution in [2.24, 2.45) is 0 Å². The molecular weight excluding hydrogens is 455 g/mol. The number of halogens is 2. The Hall–Kier alpha value is 1.85. The van der Waals surface area contributed by atoms with Crippen molar-refractivity contribution >= 4 is 33.9 Å². The van der Waals surface area contributed by atoms with E-state index < -0.39 is 0 Å². The first-order chi connectivity index (χ1) is 6.56. The standard InChI is InChI=1S/C13H30N.2HI.H3P/c1-5-6-7-8-9-10-11-12-13-14(2,3)4;;;/h5-13H2,1-4H3;2*1H;1H3/q+1;;;/p-1. The molecule has 0 aliphatic carbocycles. The van der Waals surface area contributed by atoms with E-state index in [1.165, 1.54) is 57.9 Å². The second-order valence-electron chi connectivity index (χ2n) is 5.49. The molecule has 4 heteroatoms. The monoisotopic (exact) mass is 489 g/mol. The summed E-state index contributed by atoms with van der Waals surface area (Å²) in [7, 11) is 6.84. The Morgan fingerprint density at radius 2 is 1.06 bits per heavy atom. The summed E-state index contributed by atoms with van der Waals surface area (Å²) >= 11 is 0. The second kappa shape index (κ2) is 17.8. The van der Waals surface area contributed by atoms with Crippen molar-refractivity contribution < 1.29 is 28.5 Å². The maximum absolute atomic E-state index is 2.28. The maximum atomic E-state index is 2.28. The highest BCUT2D eigenvalue weighted by molar-refractivity contribution is 14.0. The third-order valence-corrected chi connectivity index (χ3v) is 2.68. The van der Waals surface area contributed by atoms with Gasteiger partial charge in [0.05, 0.1) is 27.7 Å². The van der Waals surface area contributed by atoms with Crippen molar-refractivity contribution in [3.8, 4) is 0 Å². The molecule has 0 spiro atoms. The van der Waals surface area contributed by atoms with Gasteiger partial charge >= 0.3 is 0 Å². The van der Waals surface area contributed by atoms with Crippen LogP contribution in [0.4, 0.5) is 0 Å². The van der Waals surface area contributed by atoms with Crippen LogP contribution in [0, 0.1) is 0 Å². The molecule has 0 amide bonds. The lowest BCUT2D eigenvalue weighted by atomic mass is 10.1. The number of hydrogen-bond donors (Lipinski definition) is 0. The van der Waals surface area contributed by atoms with Crippen molar-refractivity contribution in [1.82, 2.24) is 0 Å². The Morgan fingerprint density at radius 1 is 0.706 bits per heavy atom. The molecule has 0 aliphatic rings. The van der Waals surface area contributed by atoms with Gasteiger partial charge in [-0.15, -0.1) is 24.0 Å². The number of nitrogens with zero attached hydrogens (tertiary/aromatic N) is 1. The van der Waals surface area contributed by atoms with Gasteiger partial charge < -0.3 is 28.5 Å². The summed E-state index contributed by atoms with van der Waals surface area (Å²) in [6.45, 7) is 3.61. The van der Waals surface area contributed by atoms with E-state index in [0.29, 0.717) is 0 Å². The summed E-state index contributed by atoms with van der Waals surface area (Å²) in [6.07, 6.45) is 11.4.